The first-order valence-electron chi connectivity index (χ1n) is 6.23. The van der Waals surface area contributed by atoms with E-state index in [4.69, 9.17) is 9.84 Å². The number of aliphatic carboxylic acids is 1. The lowest BCUT2D eigenvalue weighted by atomic mass is 10.1. The van der Waals surface area contributed by atoms with Crippen LogP contribution in [0.25, 0.3) is 0 Å². The van der Waals surface area contributed by atoms with Gasteiger partial charge in [-0.15, -0.1) is 0 Å². The Morgan fingerprint density at radius 2 is 1.89 bits per heavy atom. The quantitative estimate of drug-likeness (QED) is 0.784. The van der Waals surface area contributed by atoms with Gasteiger partial charge in [0.25, 0.3) is 0 Å². The van der Waals surface area contributed by atoms with Crippen molar-refractivity contribution in [1.82, 2.24) is 4.90 Å². The van der Waals surface area contributed by atoms with Crippen LogP contribution in [0.2, 0.25) is 0 Å². The first kappa shape index (κ1) is 15.5. The van der Waals surface area contributed by atoms with E-state index >= 15 is 0 Å². The topological polar surface area (TPSA) is 70.0 Å². The Hall–Kier alpha value is -1.59. The number of ether oxygens (including phenoxy) is 1. The first-order chi connectivity index (χ1) is 8.88. The average molecular weight is 267 g/mol. The fourth-order valence-electron chi connectivity index (χ4n) is 1.74. The highest BCUT2D eigenvalue weighted by Crippen LogP contribution is 2.19. The molecule has 1 unspecified atom stereocenters. The highest BCUT2D eigenvalue weighted by Gasteiger charge is 2.12. The molecule has 1 aromatic rings. The SMILES string of the molecule is CC(C)Oc1ccc(C(O)CN(C)CC(=O)O)cc1. The highest BCUT2D eigenvalue weighted by atomic mass is 16.5. The molecule has 0 bridgehead atoms. The van der Waals surface area contributed by atoms with Crippen LogP contribution in [-0.2, 0) is 4.79 Å². The Kier molecular flexibility index (Phi) is 5.79. The molecule has 0 saturated carbocycles. The molecule has 0 aliphatic rings. The number of hydrogen-bond acceptors (Lipinski definition) is 4. The van der Waals surface area contributed by atoms with Crippen molar-refractivity contribution in [3.8, 4) is 5.75 Å². The molecule has 0 amide bonds. The van der Waals surface area contributed by atoms with Crippen molar-refractivity contribution in [3.63, 3.8) is 0 Å². The Morgan fingerprint density at radius 1 is 1.32 bits per heavy atom. The molecule has 0 radical (unpaired) electrons. The summed E-state index contributed by atoms with van der Waals surface area (Å²) < 4.78 is 5.51. The maximum absolute atomic E-state index is 10.5. The molecule has 1 rings (SSSR count). The maximum Gasteiger partial charge on any atom is 0.317 e. The molecule has 19 heavy (non-hydrogen) atoms. The highest BCUT2D eigenvalue weighted by molar-refractivity contribution is 5.69. The molecule has 5 nitrogen and oxygen atoms in total. The van der Waals surface area contributed by atoms with E-state index in [-0.39, 0.29) is 19.2 Å². The third-order valence-corrected chi connectivity index (χ3v) is 2.53. The minimum atomic E-state index is -0.907. The molecule has 1 atom stereocenters. The average Bonchev–Trinajstić information content (AvgIpc) is 2.27. The molecule has 0 aromatic heterocycles. The zero-order valence-corrected chi connectivity index (χ0v) is 11.5. The van der Waals surface area contributed by atoms with Crippen molar-refractivity contribution in [2.24, 2.45) is 0 Å². The van der Waals surface area contributed by atoms with Crippen LogP contribution in [0.4, 0.5) is 0 Å². The fraction of sp³-hybridized carbons (Fsp3) is 0.500. The zero-order valence-electron chi connectivity index (χ0n) is 11.5. The lowest BCUT2D eigenvalue weighted by molar-refractivity contribution is -0.138. The Bertz CT molecular complexity index is 402. The standard InChI is InChI=1S/C14H21NO4/c1-10(2)19-12-6-4-11(5-7-12)13(16)8-15(3)9-14(17)18/h4-7,10,13,16H,8-9H2,1-3H3,(H,17,18). The van der Waals surface area contributed by atoms with E-state index in [1.807, 2.05) is 13.8 Å². The smallest absolute Gasteiger partial charge is 0.317 e. The summed E-state index contributed by atoms with van der Waals surface area (Å²) >= 11 is 0. The number of hydrogen-bond donors (Lipinski definition) is 2. The molecule has 1 aromatic carbocycles. The maximum atomic E-state index is 10.5. The van der Waals surface area contributed by atoms with Gasteiger partial charge in [-0.3, -0.25) is 9.69 Å². The number of carboxylic acid groups (broad SMARTS) is 1. The summed E-state index contributed by atoms with van der Waals surface area (Å²) in [6, 6.07) is 7.18. The van der Waals surface area contributed by atoms with Gasteiger partial charge in [-0.1, -0.05) is 12.1 Å². The molecule has 0 aliphatic heterocycles. The van der Waals surface area contributed by atoms with Crippen LogP contribution in [0.5, 0.6) is 5.75 Å². The van der Waals surface area contributed by atoms with E-state index < -0.39 is 12.1 Å². The van der Waals surface area contributed by atoms with Crippen molar-refractivity contribution in [2.45, 2.75) is 26.1 Å². The van der Waals surface area contributed by atoms with Crippen LogP contribution in [0.15, 0.2) is 24.3 Å². The molecule has 0 saturated heterocycles. The van der Waals surface area contributed by atoms with E-state index in [1.54, 1.807) is 36.2 Å². The number of carboxylic acids is 1. The Balaban J connectivity index is 2.57. The minimum absolute atomic E-state index is 0.0917. The summed E-state index contributed by atoms with van der Waals surface area (Å²) in [7, 11) is 1.66. The Labute approximate surface area is 113 Å². The second kappa shape index (κ2) is 7.11. The number of nitrogens with zero attached hydrogens (tertiary/aromatic N) is 1. The molecule has 0 aliphatic carbocycles. The van der Waals surface area contributed by atoms with Crippen molar-refractivity contribution >= 4 is 5.97 Å². The van der Waals surface area contributed by atoms with Crippen LogP contribution in [0.1, 0.15) is 25.5 Å². The lowest BCUT2D eigenvalue weighted by Crippen LogP contribution is -2.29. The molecule has 2 N–H and O–H groups in total. The normalized spacial score (nSPS) is 12.7. The van der Waals surface area contributed by atoms with Gasteiger partial charge in [-0.05, 0) is 38.6 Å². The van der Waals surface area contributed by atoms with Crippen LogP contribution < -0.4 is 4.74 Å². The summed E-state index contributed by atoms with van der Waals surface area (Å²) in [5.41, 5.74) is 0.744. The van der Waals surface area contributed by atoms with Crippen LogP contribution in [-0.4, -0.2) is 47.3 Å². The van der Waals surface area contributed by atoms with E-state index in [0.29, 0.717) is 0 Å². The van der Waals surface area contributed by atoms with Crippen molar-refractivity contribution in [1.29, 1.82) is 0 Å². The van der Waals surface area contributed by atoms with E-state index in [0.717, 1.165) is 11.3 Å². The van der Waals surface area contributed by atoms with Crippen LogP contribution in [0.3, 0.4) is 0 Å². The fourth-order valence-corrected chi connectivity index (χ4v) is 1.74. The van der Waals surface area contributed by atoms with E-state index in [2.05, 4.69) is 0 Å². The van der Waals surface area contributed by atoms with Gasteiger partial charge in [0.05, 0.1) is 18.8 Å². The molecule has 0 spiro atoms. The van der Waals surface area contributed by atoms with Crippen molar-refractivity contribution in [2.75, 3.05) is 20.1 Å². The second-order valence-electron chi connectivity index (χ2n) is 4.84. The number of carbonyl (C=O) groups is 1. The number of rotatable bonds is 7. The first-order valence-corrected chi connectivity index (χ1v) is 6.23. The zero-order chi connectivity index (χ0) is 14.4. The summed E-state index contributed by atoms with van der Waals surface area (Å²) in [6.07, 6.45) is -0.602. The number of benzene rings is 1. The van der Waals surface area contributed by atoms with Gasteiger partial charge >= 0.3 is 5.97 Å². The minimum Gasteiger partial charge on any atom is -0.491 e. The largest absolute Gasteiger partial charge is 0.491 e. The molecule has 5 heteroatoms. The van der Waals surface area contributed by atoms with Gasteiger partial charge in [0.1, 0.15) is 5.75 Å². The summed E-state index contributed by atoms with van der Waals surface area (Å²) in [5.74, 6) is -0.153. The predicted molar refractivity (Wildman–Crippen MR) is 72.3 cm³/mol. The summed E-state index contributed by atoms with van der Waals surface area (Å²) in [5, 5.41) is 18.6. The molecule has 0 heterocycles. The number of likely N-dealkylation sites (N-methyl/N-ethyl adjacent to an activating group) is 1. The van der Waals surface area contributed by atoms with Gasteiger partial charge in [0, 0.05) is 6.54 Å². The lowest BCUT2D eigenvalue weighted by Gasteiger charge is -2.19. The third kappa shape index (κ3) is 5.72. The van der Waals surface area contributed by atoms with Gasteiger partial charge in [0.2, 0.25) is 0 Å². The summed E-state index contributed by atoms with van der Waals surface area (Å²) in [6.45, 7) is 4.08. The van der Waals surface area contributed by atoms with Gasteiger partial charge in [-0.2, -0.15) is 0 Å². The van der Waals surface area contributed by atoms with Crippen molar-refractivity contribution < 1.29 is 19.7 Å². The Morgan fingerprint density at radius 3 is 2.37 bits per heavy atom. The monoisotopic (exact) mass is 267 g/mol. The molecule has 106 valence electrons. The number of aliphatic hydroxyl groups is 1. The van der Waals surface area contributed by atoms with E-state index in [1.165, 1.54) is 0 Å². The van der Waals surface area contributed by atoms with Crippen LogP contribution in [0, 0.1) is 0 Å². The molecule has 0 fully saturated rings. The summed E-state index contributed by atoms with van der Waals surface area (Å²) in [4.78, 5) is 12.1. The molecular weight excluding hydrogens is 246 g/mol. The van der Waals surface area contributed by atoms with Crippen LogP contribution >= 0.6 is 0 Å². The number of aliphatic hydroxyl groups excluding tert-OH is 1. The van der Waals surface area contributed by atoms with Crippen molar-refractivity contribution in [3.05, 3.63) is 29.8 Å². The third-order valence-electron chi connectivity index (χ3n) is 2.53. The second-order valence-corrected chi connectivity index (χ2v) is 4.84. The molecular formula is C14H21NO4. The van der Waals surface area contributed by atoms with Gasteiger partial charge in [0.15, 0.2) is 0 Å². The van der Waals surface area contributed by atoms with Gasteiger partial charge in [-0.25, -0.2) is 0 Å². The van der Waals surface area contributed by atoms with Gasteiger partial charge < -0.3 is 14.9 Å². The van der Waals surface area contributed by atoms with E-state index in [9.17, 15) is 9.90 Å². The predicted octanol–water partition coefficient (Wildman–Crippen LogP) is 1.52.